The van der Waals surface area contributed by atoms with Crippen molar-refractivity contribution < 1.29 is 4.79 Å². The molecule has 2 heterocycles. The summed E-state index contributed by atoms with van der Waals surface area (Å²) in [5.74, 6) is 6.79. The number of aromatic nitrogens is 1. The van der Waals surface area contributed by atoms with E-state index in [9.17, 15) is 4.79 Å². The molecule has 0 aromatic carbocycles. The third-order valence-corrected chi connectivity index (χ3v) is 4.04. The Kier molecular flexibility index (Phi) is 4.22. The molecule has 1 amide bonds. The lowest BCUT2D eigenvalue weighted by Gasteiger charge is -2.10. The molecule has 0 spiro atoms. The van der Waals surface area contributed by atoms with Crippen LogP contribution in [-0.2, 0) is 0 Å². The zero-order valence-electron chi connectivity index (χ0n) is 9.48. The number of pyridine rings is 1. The highest BCUT2D eigenvalue weighted by atomic mass is 32.2. The van der Waals surface area contributed by atoms with E-state index in [1.807, 2.05) is 11.8 Å². The van der Waals surface area contributed by atoms with Crippen LogP contribution in [0.1, 0.15) is 23.3 Å². The molecule has 1 saturated heterocycles. The van der Waals surface area contributed by atoms with Crippen molar-refractivity contribution in [2.45, 2.75) is 18.1 Å². The molecule has 1 aromatic rings. The molecule has 0 bridgehead atoms. The Bertz CT molecular complexity index is 393. The van der Waals surface area contributed by atoms with Crippen LogP contribution in [0.5, 0.6) is 0 Å². The minimum atomic E-state index is -0.144. The van der Waals surface area contributed by atoms with Crippen LogP contribution in [0.25, 0.3) is 0 Å². The van der Waals surface area contributed by atoms with E-state index in [2.05, 4.69) is 15.7 Å². The van der Waals surface area contributed by atoms with Crippen molar-refractivity contribution in [2.75, 3.05) is 17.7 Å². The van der Waals surface area contributed by atoms with Gasteiger partial charge in [0.2, 0.25) is 0 Å². The minimum Gasteiger partial charge on any atom is -0.350 e. The topological polar surface area (TPSA) is 80.0 Å². The molecule has 1 fully saturated rings. The van der Waals surface area contributed by atoms with Crippen LogP contribution in [0.4, 0.5) is 5.82 Å². The highest BCUT2D eigenvalue weighted by Gasteiger charge is 2.17. The van der Waals surface area contributed by atoms with E-state index in [1.165, 1.54) is 18.6 Å². The average Bonchev–Trinajstić information content (AvgIpc) is 2.89. The number of amides is 1. The predicted molar refractivity (Wildman–Crippen MR) is 69.9 cm³/mol. The first-order valence-electron chi connectivity index (χ1n) is 5.63. The molecule has 1 atom stereocenters. The van der Waals surface area contributed by atoms with Gasteiger partial charge < -0.3 is 10.7 Å². The molecular weight excluding hydrogens is 236 g/mol. The van der Waals surface area contributed by atoms with Gasteiger partial charge in [0.25, 0.3) is 5.91 Å². The van der Waals surface area contributed by atoms with Crippen molar-refractivity contribution in [3.05, 3.63) is 23.9 Å². The second kappa shape index (κ2) is 5.88. The Morgan fingerprint density at radius 1 is 1.59 bits per heavy atom. The van der Waals surface area contributed by atoms with Gasteiger partial charge in [0.1, 0.15) is 11.5 Å². The smallest absolute Gasteiger partial charge is 0.270 e. The van der Waals surface area contributed by atoms with Crippen LogP contribution < -0.4 is 16.6 Å². The molecule has 92 valence electrons. The molecule has 0 radical (unpaired) electrons. The van der Waals surface area contributed by atoms with Gasteiger partial charge >= 0.3 is 0 Å². The molecule has 0 aliphatic carbocycles. The number of hydrogen-bond acceptors (Lipinski definition) is 5. The summed E-state index contributed by atoms with van der Waals surface area (Å²) in [6, 6.07) is 5.14. The number of nitrogen functional groups attached to an aromatic ring is 1. The Hall–Kier alpha value is -1.27. The summed E-state index contributed by atoms with van der Waals surface area (Å²) in [5, 5.41) is 3.45. The maximum atomic E-state index is 11.8. The highest BCUT2D eigenvalue weighted by molar-refractivity contribution is 8.00. The number of nitrogens with zero attached hydrogens (tertiary/aromatic N) is 1. The van der Waals surface area contributed by atoms with E-state index in [1.54, 1.807) is 18.2 Å². The first kappa shape index (κ1) is 12.2. The first-order chi connectivity index (χ1) is 8.29. The lowest BCUT2D eigenvalue weighted by Crippen LogP contribution is -2.30. The van der Waals surface area contributed by atoms with Crippen LogP contribution in [-0.4, -0.2) is 28.4 Å². The van der Waals surface area contributed by atoms with E-state index in [4.69, 9.17) is 5.84 Å². The zero-order valence-corrected chi connectivity index (χ0v) is 10.3. The Morgan fingerprint density at radius 3 is 3.18 bits per heavy atom. The fourth-order valence-electron chi connectivity index (χ4n) is 1.74. The summed E-state index contributed by atoms with van der Waals surface area (Å²) in [4.78, 5) is 15.9. The molecule has 1 aliphatic heterocycles. The number of hydrazine groups is 1. The average molecular weight is 252 g/mol. The fraction of sp³-hybridized carbons (Fsp3) is 0.455. The van der Waals surface area contributed by atoms with E-state index in [0.29, 0.717) is 23.3 Å². The van der Waals surface area contributed by atoms with Gasteiger partial charge in [-0.05, 0) is 30.7 Å². The number of thioether (sulfide) groups is 1. The van der Waals surface area contributed by atoms with E-state index < -0.39 is 0 Å². The predicted octanol–water partition coefficient (Wildman–Crippen LogP) is 0.993. The van der Waals surface area contributed by atoms with Gasteiger partial charge in [-0.2, -0.15) is 11.8 Å². The maximum Gasteiger partial charge on any atom is 0.270 e. The van der Waals surface area contributed by atoms with Crippen LogP contribution in [0.15, 0.2) is 18.2 Å². The summed E-state index contributed by atoms with van der Waals surface area (Å²) < 4.78 is 0. The van der Waals surface area contributed by atoms with Gasteiger partial charge in [-0.25, -0.2) is 10.8 Å². The number of nitrogens with two attached hydrogens (primary N) is 1. The second-order valence-electron chi connectivity index (χ2n) is 3.90. The fourth-order valence-corrected chi connectivity index (χ4v) is 2.95. The quantitative estimate of drug-likeness (QED) is 0.550. The molecule has 0 saturated carbocycles. The molecule has 17 heavy (non-hydrogen) atoms. The maximum absolute atomic E-state index is 11.8. The summed E-state index contributed by atoms with van der Waals surface area (Å²) in [6.45, 7) is 0.714. The van der Waals surface area contributed by atoms with Gasteiger partial charge in [-0.3, -0.25) is 4.79 Å². The van der Waals surface area contributed by atoms with Crippen LogP contribution >= 0.6 is 11.8 Å². The van der Waals surface area contributed by atoms with Crippen molar-refractivity contribution in [3.8, 4) is 0 Å². The van der Waals surface area contributed by atoms with Crippen molar-refractivity contribution in [2.24, 2.45) is 5.84 Å². The summed E-state index contributed by atoms with van der Waals surface area (Å²) in [6.07, 6.45) is 2.43. The van der Waals surface area contributed by atoms with Crippen molar-refractivity contribution >= 4 is 23.5 Å². The largest absolute Gasteiger partial charge is 0.350 e. The van der Waals surface area contributed by atoms with Gasteiger partial charge in [-0.1, -0.05) is 6.07 Å². The van der Waals surface area contributed by atoms with Gasteiger partial charge in [-0.15, -0.1) is 0 Å². The Balaban J connectivity index is 1.89. The molecule has 1 aliphatic rings. The second-order valence-corrected chi connectivity index (χ2v) is 5.31. The number of carbonyl (C=O) groups excluding carboxylic acids is 1. The van der Waals surface area contributed by atoms with E-state index in [-0.39, 0.29) is 5.91 Å². The molecule has 4 N–H and O–H groups in total. The number of carbonyl (C=O) groups is 1. The molecule has 1 aromatic heterocycles. The van der Waals surface area contributed by atoms with Crippen LogP contribution in [0.3, 0.4) is 0 Å². The normalized spacial score (nSPS) is 19.0. The van der Waals surface area contributed by atoms with Gasteiger partial charge in [0.05, 0.1) is 0 Å². The number of rotatable bonds is 4. The van der Waals surface area contributed by atoms with Gasteiger partial charge in [0, 0.05) is 11.8 Å². The van der Waals surface area contributed by atoms with Gasteiger partial charge in [0.15, 0.2) is 0 Å². The summed E-state index contributed by atoms with van der Waals surface area (Å²) in [7, 11) is 0. The molecule has 2 rings (SSSR count). The third-order valence-electron chi connectivity index (χ3n) is 2.64. The monoisotopic (exact) mass is 252 g/mol. The molecule has 6 heteroatoms. The van der Waals surface area contributed by atoms with E-state index in [0.717, 1.165) is 0 Å². The SMILES string of the molecule is NNc1cccc(C(=O)NCC2CCCS2)n1. The third kappa shape index (κ3) is 3.34. The molecule has 5 nitrogen and oxygen atoms in total. The summed E-state index contributed by atoms with van der Waals surface area (Å²) in [5.41, 5.74) is 2.82. The number of anilines is 1. The highest BCUT2D eigenvalue weighted by Crippen LogP contribution is 2.25. The van der Waals surface area contributed by atoms with Crippen LogP contribution in [0, 0.1) is 0 Å². The van der Waals surface area contributed by atoms with Crippen LogP contribution in [0.2, 0.25) is 0 Å². The van der Waals surface area contributed by atoms with Crippen molar-refractivity contribution in [1.82, 2.24) is 10.3 Å². The zero-order chi connectivity index (χ0) is 12.1. The lowest BCUT2D eigenvalue weighted by atomic mass is 10.2. The summed E-state index contributed by atoms with van der Waals surface area (Å²) >= 11 is 1.92. The number of hydrogen-bond donors (Lipinski definition) is 3. The van der Waals surface area contributed by atoms with Crippen molar-refractivity contribution in [1.29, 1.82) is 0 Å². The minimum absolute atomic E-state index is 0.144. The van der Waals surface area contributed by atoms with Crippen molar-refractivity contribution in [3.63, 3.8) is 0 Å². The lowest BCUT2D eigenvalue weighted by molar-refractivity contribution is 0.0949. The molecule has 1 unspecified atom stereocenters. The Labute approximate surface area is 105 Å². The molecular formula is C11H16N4OS. The first-order valence-corrected chi connectivity index (χ1v) is 6.68. The van der Waals surface area contributed by atoms with E-state index >= 15 is 0 Å². The standard InChI is InChI=1S/C11H16N4OS/c12-15-10-5-1-4-9(14-10)11(16)13-7-8-3-2-6-17-8/h1,4-5,8H,2-3,6-7,12H2,(H,13,16)(H,14,15). The Morgan fingerprint density at radius 2 is 2.47 bits per heavy atom. The number of nitrogens with one attached hydrogen (secondary N) is 2.